The van der Waals surface area contributed by atoms with E-state index in [1.807, 2.05) is 47.9 Å². The molecule has 0 saturated carbocycles. The number of nitrogens with one attached hydrogen (secondary N) is 1. The lowest BCUT2D eigenvalue weighted by molar-refractivity contribution is -0.119. The third-order valence-corrected chi connectivity index (χ3v) is 6.66. The smallest absolute Gasteiger partial charge is 0.230 e. The lowest BCUT2D eigenvalue weighted by Gasteiger charge is -2.14. The van der Waals surface area contributed by atoms with Gasteiger partial charge in [0.15, 0.2) is 11.0 Å². The summed E-state index contributed by atoms with van der Waals surface area (Å²) < 4.78 is 2.03. The number of carbonyl (C=O) groups is 1. The van der Waals surface area contributed by atoms with E-state index in [9.17, 15) is 4.79 Å². The van der Waals surface area contributed by atoms with Gasteiger partial charge in [0.25, 0.3) is 0 Å². The largest absolute Gasteiger partial charge is 0.349 e. The summed E-state index contributed by atoms with van der Waals surface area (Å²) in [5, 5.41) is 14.7. The Kier molecular flexibility index (Phi) is 7.28. The first-order chi connectivity index (χ1) is 14.0. The summed E-state index contributed by atoms with van der Waals surface area (Å²) in [6, 6.07) is 9.91. The van der Waals surface area contributed by atoms with E-state index < -0.39 is 0 Å². The zero-order valence-electron chi connectivity index (χ0n) is 17.0. The minimum atomic E-state index is -0.0354. The number of allylic oxidation sites excluding steroid dienone is 1. The lowest BCUT2D eigenvalue weighted by Crippen LogP contribution is -2.28. The molecule has 2 heterocycles. The van der Waals surface area contributed by atoms with Gasteiger partial charge in [-0.1, -0.05) is 55.1 Å². The average Bonchev–Trinajstić information content (AvgIpc) is 3.29. The lowest BCUT2D eigenvalue weighted by atomic mass is 10.1. The van der Waals surface area contributed by atoms with Crippen LogP contribution in [-0.2, 0) is 17.8 Å². The van der Waals surface area contributed by atoms with Crippen molar-refractivity contribution < 1.29 is 4.79 Å². The number of aryl methyl sites for hydroxylation is 1. The van der Waals surface area contributed by atoms with Crippen LogP contribution < -0.4 is 5.32 Å². The summed E-state index contributed by atoms with van der Waals surface area (Å²) in [7, 11) is 0. The van der Waals surface area contributed by atoms with Crippen LogP contribution in [0.5, 0.6) is 0 Å². The van der Waals surface area contributed by atoms with Gasteiger partial charge in [-0.15, -0.1) is 28.1 Å². The van der Waals surface area contributed by atoms with Gasteiger partial charge in [-0.3, -0.25) is 9.36 Å². The molecule has 29 heavy (non-hydrogen) atoms. The molecule has 0 aliphatic heterocycles. The summed E-state index contributed by atoms with van der Waals surface area (Å²) in [6.45, 7) is 10.7. The van der Waals surface area contributed by atoms with Crippen molar-refractivity contribution in [2.45, 2.75) is 44.9 Å². The fraction of sp³-hybridized carbons (Fsp3) is 0.318. The maximum Gasteiger partial charge on any atom is 0.230 e. The van der Waals surface area contributed by atoms with Crippen molar-refractivity contribution in [2.24, 2.45) is 0 Å². The van der Waals surface area contributed by atoms with Gasteiger partial charge in [0.05, 0.1) is 11.8 Å². The molecule has 1 amide bonds. The van der Waals surface area contributed by atoms with E-state index in [0.717, 1.165) is 28.5 Å². The Bertz CT molecular complexity index is 978. The molecule has 0 saturated heterocycles. The van der Waals surface area contributed by atoms with E-state index in [-0.39, 0.29) is 17.7 Å². The van der Waals surface area contributed by atoms with E-state index in [4.69, 9.17) is 0 Å². The fourth-order valence-electron chi connectivity index (χ4n) is 3.23. The summed E-state index contributed by atoms with van der Waals surface area (Å²) in [5.41, 5.74) is 3.51. The van der Waals surface area contributed by atoms with Crippen molar-refractivity contribution in [3.05, 3.63) is 64.4 Å². The zero-order chi connectivity index (χ0) is 20.8. The number of carbonyl (C=O) groups excluding carboxylic acids is 1. The first kappa shape index (κ1) is 21.3. The molecule has 2 aromatic heterocycles. The van der Waals surface area contributed by atoms with Crippen LogP contribution >= 0.6 is 23.1 Å². The normalized spacial score (nSPS) is 12.0. The van der Waals surface area contributed by atoms with Gasteiger partial charge in [-0.2, -0.15) is 0 Å². The maximum absolute atomic E-state index is 12.4. The van der Waals surface area contributed by atoms with Crippen LogP contribution in [0.2, 0.25) is 0 Å². The molecule has 0 bridgehead atoms. The van der Waals surface area contributed by atoms with Gasteiger partial charge in [-0.05, 0) is 31.4 Å². The Labute approximate surface area is 180 Å². The van der Waals surface area contributed by atoms with E-state index >= 15 is 0 Å². The molecule has 3 rings (SSSR count). The van der Waals surface area contributed by atoms with Gasteiger partial charge in [0, 0.05) is 22.4 Å². The molecule has 1 atom stereocenters. The highest BCUT2D eigenvalue weighted by Crippen LogP contribution is 2.32. The number of thioether (sulfide) groups is 1. The Morgan fingerprint density at radius 1 is 1.34 bits per heavy atom. The SMILES string of the molecule is C=CCn1c(SCC(=O)N[C@@H](C)c2ccccc2)nnc1-c1csc(C)c1CC. The molecule has 1 N–H and O–H groups in total. The molecule has 0 fully saturated rings. The highest BCUT2D eigenvalue weighted by molar-refractivity contribution is 7.99. The Morgan fingerprint density at radius 3 is 2.79 bits per heavy atom. The molecule has 152 valence electrons. The standard InChI is InChI=1S/C22H26N4OS2/c1-5-12-26-21(19-13-28-16(4)18(19)6-2)24-25-22(26)29-14-20(27)23-15(3)17-10-8-7-9-11-17/h5,7-11,13,15H,1,6,12,14H2,2-4H3,(H,23,27)/t15-/m0/s1. The molecule has 0 unspecified atom stereocenters. The van der Waals surface area contributed by atoms with Crippen LogP contribution in [0.4, 0.5) is 0 Å². The van der Waals surface area contributed by atoms with Crippen molar-refractivity contribution in [3.8, 4) is 11.4 Å². The summed E-state index contributed by atoms with van der Waals surface area (Å²) in [4.78, 5) is 13.7. The van der Waals surface area contributed by atoms with E-state index in [1.54, 1.807) is 11.3 Å². The third kappa shape index (κ3) is 4.97. The quantitative estimate of drug-likeness (QED) is 0.385. The second kappa shape index (κ2) is 9.89. The molecule has 3 aromatic rings. The molecule has 0 aliphatic rings. The van der Waals surface area contributed by atoms with Gasteiger partial charge < -0.3 is 5.32 Å². The second-order valence-corrected chi connectivity index (χ2v) is 8.76. The number of amides is 1. The molecule has 0 aliphatic carbocycles. The first-order valence-corrected chi connectivity index (χ1v) is 11.5. The van der Waals surface area contributed by atoms with Gasteiger partial charge >= 0.3 is 0 Å². The van der Waals surface area contributed by atoms with Crippen LogP contribution in [-0.4, -0.2) is 26.4 Å². The van der Waals surface area contributed by atoms with Crippen molar-refractivity contribution >= 4 is 29.0 Å². The van der Waals surface area contributed by atoms with E-state index in [0.29, 0.717) is 6.54 Å². The molecule has 7 heteroatoms. The first-order valence-electron chi connectivity index (χ1n) is 9.63. The van der Waals surface area contributed by atoms with Crippen molar-refractivity contribution in [2.75, 3.05) is 5.75 Å². The fourth-order valence-corrected chi connectivity index (χ4v) is 4.93. The summed E-state index contributed by atoms with van der Waals surface area (Å²) in [5.74, 6) is 1.10. The van der Waals surface area contributed by atoms with Crippen molar-refractivity contribution in [1.82, 2.24) is 20.1 Å². The van der Waals surface area contributed by atoms with Crippen molar-refractivity contribution in [1.29, 1.82) is 0 Å². The average molecular weight is 427 g/mol. The minimum Gasteiger partial charge on any atom is -0.349 e. The predicted molar refractivity (Wildman–Crippen MR) is 121 cm³/mol. The number of hydrogen-bond acceptors (Lipinski definition) is 5. The minimum absolute atomic E-state index is 0.0262. The number of aromatic nitrogens is 3. The van der Waals surface area contributed by atoms with Crippen LogP contribution in [0.25, 0.3) is 11.4 Å². The zero-order valence-corrected chi connectivity index (χ0v) is 18.6. The molecule has 0 spiro atoms. The molecular formula is C22H26N4OS2. The summed E-state index contributed by atoms with van der Waals surface area (Å²) in [6.07, 6.45) is 2.78. The molecular weight excluding hydrogens is 400 g/mol. The predicted octanol–water partition coefficient (Wildman–Crippen LogP) is 5.03. The van der Waals surface area contributed by atoms with Gasteiger partial charge in [0.2, 0.25) is 5.91 Å². The number of benzene rings is 1. The van der Waals surface area contributed by atoms with Crippen molar-refractivity contribution in [3.63, 3.8) is 0 Å². The number of nitrogens with zero attached hydrogens (tertiary/aromatic N) is 3. The number of thiophene rings is 1. The Balaban J connectivity index is 1.72. The second-order valence-electron chi connectivity index (χ2n) is 6.73. The maximum atomic E-state index is 12.4. The van der Waals surface area contributed by atoms with Crippen LogP contribution in [0.3, 0.4) is 0 Å². The third-order valence-electron chi connectivity index (χ3n) is 4.74. The number of hydrogen-bond donors (Lipinski definition) is 1. The molecule has 0 radical (unpaired) electrons. The van der Waals surface area contributed by atoms with E-state index in [1.165, 1.54) is 22.2 Å². The van der Waals surface area contributed by atoms with Gasteiger partial charge in [0.1, 0.15) is 0 Å². The number of rotatable bonds is 9. The Hall–Kier alpha value is -2.38. The van der Waals surface area contributed by atoms with Crippen LogP contribution in [0.15, 0.2) is 53.5 Å². The Morgan fingerprint density at radius 2 is 2.10 bits per heavy atom. The van der Waals surface area contributed by atoms with Crippen LogP contribution in [0, 0.1) is 6.92 Å². The highest BCUT2D eigenvalue weighted by Gasteiger charge is 2.19. The summed E-state index contributed by atoms with van der Waals surface area (Å²) >= 11 is 3.13. The highest BCUT2D eigenvalue weighted by atomic mass is 32.2. The van der Waals surface area contributed by atoms with E-state index in [2.05, 4.69) is 41.3 Å². The molecule has 5 nitrogen and oxygen atoms in total. The van der Waals surface area contributed by atoms with Crippen LogP contribution in [0.1, 0.15) is 35.9 Å². The molecule has 1 aromatic carbocycles. The monoisotopic (exact) mass is 426 g/mol. The van der Waals surface area contributed by atoms with Gasteiger partial charge in [-0.25, -0.2) is 0 Å². The topological polar surface area (TPSA) is 59.8 Å².